The quantitative estimate of drug-likeness (QED) is 0.378. The van der Waals surface area contributed by atoms with Crippen molar-refractivity contribution in [2.24, 2.45) is 0 Å². The van der Waals surface area contributed by atoms with Gasteiger partial charge in [0.05, 0.1) is 4.90 Å². The summed E-state index contributed by atoms with van der Waals surface area (Å²) in [4.78, 5) is 25.0. The maximum absolute atomic E-state index is 13.5. The van der Waals surface area contributed by atoms with Gasteiger partial charge in [-0.25, -0.2) is 17.5 Å². The minimum Gasteiger partial charge on any atom is -0.459 e. The Morgan fingerprint density at radius 1 is 0.853 bits per heavy atom. The lowest BCUT2D eigenvalue weighted by Gasteiger charge is -2.28. The minimum atomic E-state index is -4.35. The highest BCUT2D eigenvalue weighted by molar-refractivity contribution is 7.89. The van der Waals surface area contributed by atoms with Crippen LogP contribution in [0.3, 0.4) is 0 Å². The van der Waals surface area contributed by atoms with Crippen molar-refractivity contribution in [3.05, 3.63) is 65.8 Å². The molecule has 2 aromatic carbocycles. The molecule has 0 radical (unpaired) electrons. The zero-order chi connectivity index (χ0) is 25.9. The van der Waals surface area contributed by atoms with Crippen LogP contribution in [0.1, 0.15) is 41.5 Å². The van der Waals surface area contributed by atoms with Crippen molar-refractivity contribution in [3.63, 3.8) is 0 Å². The van der Waals surface area contributed by atoms with E-state index in [1.165, 1.54) is 12.1 Å². The number of carbonyl (C=O) groups is 2. The summed E-state index contributed by atoms with van der Waals surface area (Å²) in [6.45, 7) is 12.7. The Morgan fingerprint density at radius 3 is 1.74 bits per heavy atom. The predicted molar refractivity (Wildman–Crippen MR) is 132 cm³/mol. The normalized spacial score (nSPS) is 12.1. The van der Waals surface area contributed by atoms with Gasteiger partial charge in [-0.1, -0.05) is 42.4 Å². The second kappa shape index (κ2) is 10.2. The molecule has 184 valence electrons. The molecule has 0 aliphatic rings. The van der Waals surface area contributed by atoms with Crippen molar-refractivity contribution < 1.29 is 27.5 Å². The van der Waals surface area contributed by atoms with Crippen LogP contribution in [-0.2, 0) is 29.1 Å². The van der Waals surface area contributed by atoms with E-state index in [9.17, 15) is 18.0 Å². The SMILES string of the molecule is C=C(C(=O)OC(C)(C)C)N(CC(=O)OC(C)(C)C)S(=O)(=O)c1ccc(-c2ccc(Cl)cc2)cc1. The molecule has 0 fully saturated rings. The second-order valence-electron chi connectivity index (χ2n) is 9.58. The number of rotatable bonds is 7. The Labute approximate surface area is 206 Å². The number of sulfonamides is 1. The largest absolute Gasteiger partial charge is 0.459 e. The summed E-state index contributed by atoms with van der Waals surface area (Å²) < 4.78 is 38.1. The van der Waals surface area contributed by atoms with Crippen molar-refractivity contribution in [1.82, 2.24) is 4.31 Å². The molecule has 0 unspecified atom stereocenters. The summed E-state index contributed by atoms with van der Waals surface area (Å²) in [5, 5.41) is 0.585. The fraction of sp³-hybridized carbons (Fsp3) is 0.360. The molecule has 0 bridgehead atoms. The lowest BCUT2D eigenvalue weighted by molar-refractivity contribution is -0.155. The number of hydrogen-bond donors (Lipinski definition) is 0. The molecular weight excluding hydrogens is 478 g/mol. The summed E-state index contributed by atoms with van der Waals surface area (Å²) in [5.74, 6) is -1.80. The van der Waals surface area contributed by atoms with Crippen LogP contribution in [0.4, 0.5) is 0 Å². The maximum atomic E-state index is 13.5. The number of ether oxygens (including phenoxy) is 2. The first-order chi connectivity index (χ1) is 15.5. The van der Waals surface area contributed by atoms with Gasteiger partial charge in [-0.3, -0.25) is 4.79 Å². The molecule has 0 N–H and O–H groups in total. The molecule has 2 aromatic rings. The van der Waals surface area contributed by atoms with Crippen LogP contribution in [0, 0.1) is 0 Å². The van der Waals surface area contributed by atoms with E-state index in [4.69, 9.17) is 21.1 Å². The van der Waals surface area contributed by atoms with Crippen LogP contribution in [0.15, 0.2) is 65.7 Å². The molecule has 0 aliphatic heterocycles. The van der Waals surface area contributed by atoms with Crippen LogP contribution >= 0.6 is 11.6 Å². The topological polar surface area (TPSA) is 90.0 Å². The lowest BCUT2D eigenvalue weighted by Crippen LogP contribution is -2.41. The molecule has 2 rings (SSSR count). The summed E-state index contributed by atoms with van der Waals surface area (Å²) in [5.41, 5.74) is -0.623. The number of halogens is 1. The number of carbonyl (C=O) groups excluding carboxylic acids is 2. The molecule has 0 saturated heterocycles. The van der Waals surface area contributed by atoms with E-state index in [-0.39, 0.29) is 4.90 Å². The Bertz CT molecular complexity index is 1160. The zero-order valence-corrected chi connectivity index (χ0v) is 21.8. The molecule has 9 heteroatoms. The third-order valence-corrected chi connectivity index (χ3v) is 6.30. The fourth-order valence-electron chi connectivity index (χ4n) is 2.84. The van der Waals surface area contributed by atoms with Gasteiger partial charge in [0.25, 0.3) is 10.0 Å². The first-order valence-electron chi connectivity index (χ1n) is 10.5. The highest BCUT2D eigenvalue weighted by atomic mass is 35.5. The first-order valence-corrected chi connectivity index (χ1v) is 12.3. The van der Waals surface area contributed by atoms with Gasteiger partial charge in [0.1, 0.15) is 23.4 Å². The number of nitrogens with zero attached hydrogens (tertiary/aromatic N) is 1. The highest BCUT2D eigenvalue weighted by Crippen LogP contribution is 2.26. The molecule has 34 heavy (non-hydrogen) atoms. The Hall–Kier alpha value is -2.84. The van der Waals surface area contributed by atoms with Crippen LogP contribution < -0.4 is 0 Å². The molecule has 0 aromatic heterocycles. The van der Waals surface area contributed by atoms with Crippen molar-refractivity contribution in [1.29, 1.82) is 0 Å². The molecular formula is C25H30ClNO6S. The van der Waals surface area contributed by atoms with Crippen LogP contribution in [0.2, 0.25) is 5.02 Å². The van der Waals surface area contributed by atoms with Crippen molar-refractivity contribution in [2.45, 2.75) is 57.6 Å². The third kappa shape index (κ3) is 7.60. The molecule has 0 saturated carbocycles. The van der Waals surface area contributed by atoms with Gasteiger partial charge in [-0.05, 0) is 76.9 Å². The van der Waals surface area contributed by atoms with E-state index in [2.05, 4.69) is 6.58 Å². The minimum absolute atomic E-state index is 0.126. The van der Waals surface area contributed by atoms with Crippen LogP contribution in [-0.4, -0.2) is 42.4 Å². The molecule has 0 atom stereocenters. The molecule has 0 spiro atoms. The first kappa shape index (κ1) is 27.4. The van der Waals surface area contributed by atoms with Gasteiger partial charge in [0.15, 0.2) is 0 Å². The van der Waals surface area contributed by atoms with E-state index in [0.717, 1.165) is 11.1 Å². The van der Waals surface area contributed by atoms with E-state index in [1.54, 1.807) is 65.8 Å². The zero-order valence-electron chi connectivity index (χ0n) is 20.2. The van der Waals surface area contributed by atoms with Gasteiger partial charge >= 0.3 is 11.9 Å². The van der Waals surface area contributed by atoms with E-state index in [1.807, 2.05) is 12.1 Å². The molecule has 0 aliphatic carbocycles. The monoisotopic (exact) mass is 507 g/mol. The van der Waals surface area contributed by atoms with E-state index in [0.29, 0.717) is 9.33 Å². The summed E-state index contributed by atoms with van der Waals surface area (Å²) in [6, 6.07) is 13.1. The summed E-state index contributed by atoms with van der Waals surface area (Å²) in [7, 11) is -4.35. The van der Waals surface area contributed by atoms with Gasteiger partial charge < -0.3 is 9.47 Å². The van der Waals surface area contributed by atoms with Crippen molar-refractivity contribution in [2.75, 3.05) is 6.54 Å². The van der Waals surface area contributed by atoms with Crippen molar-refractivity contribution in [3.8, 4) is 11.1 Å². The number of esters is 2. The average molecular weight is 508 g/mol. The highest BCUT2D eigenvalue weighted by Gasteiger charge is 2.34. The maximum Gasteiger partial charge on any atom is 0.355 e. The van der Waals surface area contributed by atoms with Gasteiger partial charge in [-0.15, -0.1) is 0 Å². The Balaban J connectivity index is 2.42. The lowest BCUT2D eigenvalue weighted by atomic mass is 10.1. The van der Waals surface area contributed by atoms with Gasteiger partial charge in [0, 0.05) is 5.02 Å². The Kier molecular flexibility index (Phi) is 8.22. The van der Waals surface area contributed by atoms with E-state index >= 15 is 0 Å². The smallest absolute Gasteiger partial charge is 0.355 e. The Morgan fingerprint density at radius 2 is 1.29 bits per heavy atom. The van der Waals surface area contributed by atoms with Crippen molar-refractivity contribution >= 4 is 33.6 Å². The number of benzene rings is 2. The van der Waals surface area contributed by atoms with Crippen LogP contribution in [0.25, 0.3) is 11.1 Å². The summed E-state index contributed by atoms with van der Waals surface area (Å²) in [6.07, 6.45) is 0. The molecule has 0 amide bonds. The van der Waals surface area contributed by atoms with Crippen LogP contribution in [0.5, 0.6) is 0 Å². The average Bonchev–Trinajstić information content (AvgIpc) is 2.69. The van der Waals surface area contributed by atoms with Gasteiger partial charge in [-0.2, -0.15) is 0 Å². The summed E-state index contributed by atoms with van der Waals surface area (Å²) >= 11 is 5.93. The van der Waals surface area contributed by atoms with Gasteiger partial charge in [0.2, 0.25) is 0 Å². The second-order valence-corrected chi connectivity index (χ2v) is 11.9. The van der Waals surface area contributed by atoms with E-state index < -0.39 is 45.4 Å². The fourth-order valence-corrected chi connectivity index (χ4v) is 4.34. The third-order valence-electron chi connectivity index (χ3n) is 4.25. The molecule has 0 heterocycles. The standard InChI is InChI=1S/C25H30ClNO6S/c1-17(23(29)33-25(5,6)7)27(16-22(28)32-24(2,3)4)34(30,31)21-14-10-19(11-15-21)18-8-12-20(26)13-9-18/h8-15H,1,16H2,2-7H3. The number of hydrogen-bond acceptors (Lipinski definition) is 6. The molecule has 7 nitrogen and oxygen atoms in total. The predicted octanol–water partition coefficient (Wildman–Crippen LogP) is 5.19.